The molecule has 0 heterocycles. The number of hydrogen-bond donors (Lipinski definition) is 3. The van der Waals surface area contributed by atoms with Crippen molar-refractivity contribution in [2.45, 2.75) is 39.0 Å². The lowest BCUT2D eigenvalue weighted by Gasteiger charge is -2.06. The number of hydrogen-bond acceptors (Lipinski definition) is 4. The summed E-state index contributed by atoms with van der Waals surface area (Å²) in [4.78, 5) is 22.3. The van der Waals surface area contributed by atoms with Gasteiger partial charge in [0.05, 0.1) is 0 Å². The van der Waals surface area contributed by atoms with Crippen LogP contribution in [0.4, 0.5) is 0 Å². The first-order valence-electron chi connectivity index (χ1n) is 8.42. The molecule has 25 heavy (non-hydrogen) atoms. The molecule has 1 aromatic carbocycles. The van der Waals surface area contributed by atoms with Crippen LogP contribution >= 0.6 is 0 Å². The third-order valence-electron chi connectivity index (χ3n) is 3.60. The molecule has 0 spiro atoms. The molecule has 6 heteroatoms. The number of unbranched alkanes of at least 4 members (excludes halogenated alkanes) is 2. The summed E-state index contributed by atoms with van der Waals surface area (Å²) in [6.45, 7) is 3.11. The Kier molecular flexibility index (Phi) is 9.46. The van der Waals surface area contributed by atoms with Gasteiger partial charge in [-0.1, -0.05) is 36.2 Å². The van der Waals surface area contributed by atoms with E-state index in [9.17, 15) is 9.59 Å². The third-order valence-corrected chi connectivity index (χ3v) is 3.60. The van der Waals surface area contributed by atoms with Gasteiger partial charge in [-0.05, 0) is 31.7 Å². The number of nitrogens with zero attached hydrogens (tertiary/aromatic N) is 1. The van der Waals surface area contributed by atoms with Crippen molar-refractivity contribution in [2.24, 2.45) is 0 Å². The van der Waals surface area contributed by atoms with E-state index in [1.807, 2.05) is 31.2 Å². The lowest BCUT2D eigenvalue weighted by atomic mass is 10.1. The van der Waals surface area contributed by atoms with Crippen LogP contribution in [0.5, 0.6) is 0 Å². The second kappa shape index (κ2) is 11.7. The summed E-state index contributed by atoms with van der Waals surface area (Å²) in [5, 5.41) is 23.3. The summed E-state index contributed by atoms with van der Waals surface area (Å²) in [7, 11) is 0. The molecule has 1 rings (SSSR count). The number of amides is 1. The van der Waals surface area contributed by atoms with Gasteiger partial charge in [-0.2, -0.15) is 5.26 Å². The van der Waals surface area contributed by atoms with Crippen molar-refractivity contribution in [2.75, 3.05) is 13.1 Å². The molecule has 0 radical (unpaired) electrons. The van der Waals surface area contributed by atoms with Gasteiger partial charge in [0.15, 0.2) is 0 Å². The number of carboxylic acid groups (broad SMARTS) is 1. The molecule has 0 aromatic heterocycles. The van der Waals surface area contributed by atoms with Crippen molar-refractivity contribution < 1.29 is 14.7 Å². The predicted molar refractivity (Wildman–Crippen MR) is 95.7 cm³/mol. The van der Waals surface area contributed by atoms with Crippen LogP contribution in [0, 0.1) is 18.3 Å². The highest BCUT2D eigenvalue weighted by Gasteiger charge is 2.07. The third kappa shape index (κ3) is 9.16. The van der Waals surface area contributed by atoms with Crippen molar-refractivity contribution in [1.82, 2.24) is 10.6 Å². The van der Waals surface area contributed by atoms with Gasteiger partial charge in [0.1, 0.15) is 11.6 Å². The number of aliphatic carboxylic acids is 1. The largest absolute Gasteiger partial charge is 0.481 e. The molecule has 0 aliphatic heterocycles. The van der Waals surface area contributed by atoms with Gasteiger partial charge in [-0.3, -0.25) is 9.59 Å². The summed E-state index contributed by atoms with van der Waals surface area (Å²) in [6.07, 6.45) is 4.40. The number of nitrogens with one attached hydrogen (secondary N) is 2. The Hall–Kier alpha value is -2.81. The number of benzene rings is 1. The molecule has 134 valence electrons. The molecule has 0 bridgehead atoms. The van der Waals surface area contributed by atoms with E-state index >= 15 is 0 Å². The van der Waals surface area contributed by atoms with Crippen LogP contribution < -0.4 is 10.6 Å². The minimum Gasteiger partial charge on any atom is -0.481 e. The van der Waals surface area contributed by atoms with Crippen molar-refractivity contribution in [3.05, 3.63) is 47.2 Å². The summed E-state index contributed by atoms with van der Waals surface area (Å²) in [5.74, 6) is -1.22. The minimum atomic E-state index is -0.810. The Morgan fingerprint density at radius 1 is 1.24 bits per heavy atom. The molecule has 0 fully saturated rings. The van der Waals surface area contributed by atoms with Gasteiger partial charge in [0.25, 0.3) is 5.91 Å². The summed E-state index contributed by atoms with van der Waals surface area (Å²) in [5.41, 5.74) is 2.44. The maximum atomic E-state index is 11.9. The Balaban J connectivity index is 2.26. The fourth-order valence-electron chi connectivity index (χ4n) is 2.28. The Morgan fingerprint density at radius 2 is 2.04 bits per heavy atom. The van der Waals surface area contributed by atoms with Crippen LogP contribution in [0.2, 0.25) is 0 Å². The topological polar surface area (TPSA) is 102 Å². The molecule has 1 amide bonds. The van der Waals surface area contributed by atoms with Crippen molar-refractivity contribution in [1.29, 1.82) is 5.26 Å². The quantitative estimate of drug-likeness (QED) is 0.325. The molecule has 1 aromatic rings. The van der Waals surface area contributed by atoms with Crippen LogP contribution in [-0.4, -0.2) is 30.1 Å². The molecule has 6 nitrogen and oxygen atoms in total. The summed E-state index contributed by atoms with van der Waals surface area (Å²) >= 11 is 0. The Morgan fingerprint density at radius 3 is 2.72 bits per heavy atom. The first-order valence-corrected chi connectivity index (χ1v) is 8.42. The lowest BCUT2D eigenvalue weighted by Crippen LogP contribution is -2.27. The molecular weight excluding hydrogens is 318 g/mol. The fraction of sp³-hybridized carbons (Fsp3) is 0.421. The van der Waals surface area contributed by atoms with Gasteiger partial charge in [0.2, 0.25) is 0 Å². The molecule has 0 saturated carbocycles. The average Bonchev–Trinajstić information content (AvgIpc) is 2.57. The van der Waals surface area contributed by atoms with Gasteiger partial charge in [-0.25, -0.2) is 0 Å². The van der Waals surface area contributed by atoms with Crippen LogP contribution in [-0.2, 0) is 16.0 Å². The van der Waals surface area contributed by atoms with Crippen LogP contribution in [0.1, 0.15) is 36.8 Å². The zero-order valence-electron chi connectivity index (χ0n) is 14.5. The highest BCUT2D eigenvalue weighted by molar-refractivity contribution is 5.97. The smallest absolute Gasteiger partial charge is 0.303 e. The number of carbonyl (C=O) groups excluding carboxylic acids is 1. The second-order valence-electron chi connectivity index (χ2n) is 5.82. The SMILES string of the molecule is Cc1cccc(CCN/C=C(/C#N)C(=O)NCCCCCC(=O)O)c1. The zero-order valence-corrected chi connectivity index (χ0v) is 14.5. The first kappa shape index (κ1) is 20.2. The molecule has 0 aliphatic rings. The molecule has 0 unspecified atom stereocenters. The molecule has 0 aliphatic carbocycles. The van der Waals surface area contributed by atoms with Gasteiger partial charge >= 0.3 is 5.97 Å². The number of rotatable bonds is 11. The molecule has 0 atom stereocenters. The molecule has 3 N–H and O–H groups in total. The number of carboxylic acids is 1. The number of carbonyl (C=O) groups is 2. The highest BCUT2D eigenvalue weighted by Crippen LogP contribution is 2.04. The Labute approximate surface area is 148 Å². The van der Waals surface area contributed by atoms with Gasteiger partial charge in [-0.15, -0.1) is 0 Å². The van der Waals surface area contributed by atoms with Crippen LogP contribution in [0.15, 0.2) is 36.0 Å². The Bertz CT molecular complexity index is 648. The van der Waals surface area contributed by atoms with Gasteiger partial charge < -0.3 is 15.7 Å². The standard InChI is InChI=1S/C19H25N3O3/c1-15-6-5-7-16(12-15)9-11-21-14-17(13-20)19(25)22-10-4-2-3-8-18(23)24/h5-7,12,14,21H,2-4,8-11H2,1H3,(H,22,25)(H,23,24)/b17-14-. The van der Waals surface area contributed by atoms with Crippen molar-refractivity contribution in [3.63, 3.8) is 0 Å². The monoisotopic (exact) mass is 343 g/mol. The number of aryl methyl sites for hydroxylation is 1. The van der Waals surface area contributed by atoms with E-state index in [0.29, 0.717) is 25.9 Å². The maximum Gasteiger partial charge on any atom is 0.303 e. The normalized spacial score (nSPS) is 10.8. The van der Waals surface area contributed by atoms with E-state index in [1.54, 1.807) is 0 Å². The summed E-state index contributed by atoms with van der Waals surface area (Å²) < 4.78 is 0. The maximum absolute atomic E-state index is 11.9. The second-order valence-corrected chi connectivity index (χ2v) is 5.82. The van der Waals surface area contributed by atoms with E-state index in [2.05, 4.69) is 16.7 Å². The highest BCUT2D eigenvalue weighted by atomic mass is 16.4. The summed E-state index contributed by atoms with van der Waals surface area (Å²) in [6, 6.07) is 10.1. The van der Waals surface area contributed by atoms with Crippen LogP contribution in [0.25, 0.3) is 0 Å². The average molecular weight is 343 g/mol. The van der Waals surface area contributed by atoms with Crippen molar-refractivity contribution >= 4 is 11.9 Å². The zero-order chi connectivity index (χ0) is 18.5. The van der Waals surface area contributed by atoms with E-state index in [0.717, 1.165) is 12.8 Å². The van der Waals surface area contributed by atoms with E-state index in [4.69, 9.17) is 10.4 Å². The van der Waals surface area contributed by atoms with E-state index in [-0.39, 0.29) is 12.0 Å². The predicted octanol–water partition coefficient (Wildman–Crippen LogP) is 2.30. The number of nitriles is 1. The van der Waals surface area contributed by atoms with E-state index < -0.39 is 11.9 Å². The molecular formula is C19H25N3O3. The van der Waals surface area contributed by atoms with Gasteiger partial charge in [0, 0.05) is 25.7 Å². The first-order chi connectivity index (χ1) is 12.0. The fourth-order valence-corrected chi connectivity index (χ4v) is 2.28. The van der Waals surface area contributed by atoms with Crippen LogP contribution in [0.3, 0.4) is 0 Å². The van der Waals surface area contributed by atoms with E-state index in [1.165, 1.54) is 17.3 Å². The minimum absolute atomic E-state index is 0.0368. The molecule has 0 saturated heterocycles. The van der Waals surface area contributed by atoms with Crippen molar-refractivity contribution in [3.8, 4) is 6.07 Å². The lowest BCUT2D eigenvalue weighted by molar-refractivity contribution is -0.137.